The first kappa shape index (κ1) is 22.8. The van der Waals surface area contributed by atoms with E-state index in [9.17, 15) is 9.59 Å². The maximum Gasteiger partial charge on any atom is 0.261 e. The van der Waals surface area contributed by atoms with Crippen molar-refractivity contribution in [2.45, 2.75) is 39.8 Å². The van der Waals surface area contributed by atoms with Gasteiger partial charge in [-0.05, 0) is 37.0 Å². The van der Waals surface area contributed by atoms with E-state index in [1.165, 1.54) is 4.90 Å². The number of amides is 2. The fraction of sp³-hybridized carbons (Fsp3) is 0.391. The largest absolute Gasteiger partial charge is 0.482 e. The summed E-state index contributed by atoms with van der Waals surface area (Å²) in [5, 5.41) is 3.36. The summed E-state index contributed by atoms with van der Waals surface area (Å²) in [7, 11) is 0. The molecule has 6 heteroatoms. The van der Waals surface area contributed by atoms with Crippen molar-refractivity contribution in [3.63, 3.8) is 0 Å². The number of halogens is 1. The number of para-hydroxylation sites is 1. The second-order valence-corrected chi connectivity index (χ2v) is 7.78. The summed E-state index contributed by atoms with van der Waals surface area (Å²) in [6.07, 6.45) is 0.890. The molecule has 0 aromatic heterocycles. The van der Waals surface area contributed by atoms with Crippen LogP contribution in [0.1, 0.15) is 32.8 Å². The average molecular weight is 417 g/mol. The van der Waals surface area contributed by atoms with Gasteiger partial charge in [0.15, 0.2) is 6.61 Å². The van der Waals surface area contributed by atoms with E-state index < -0.39 is 6.04 Å². The first-order valence-electron chi connectivity index (χ1n) is 9.87. The molecule has 1 atom stereocenters. The van der Waals surface area contributed by atoms with Crippen molar-refractivity contribution in [2.24, 2.45) is 5.92 Å². The number of benzene rings is 2. The minimum Gasteiger partial charge on any atom is -0.482 e. The Bertz CT molecular complexity index is 796. The van der Waals surface area contributed by atoms with Crippen LogP contribution in [0.3, 0.4) is 0 Å². The standard InChI is InChI=1S/C23H29ClN2O3/c1-17(2)13-14-25-23(28)18(3)26(15-19-9-5-4-6-10-19)22(27)16-29-21-12-8-7-11-20(21)24/h4-12,17-18H,13-16H2,1-3H3,(H,25,28). The van der Waals surface area contributed by atoms with Gasteiger partial charge in [0, 0.05) is 13.1 Å². The molecule has 0 aliphatic heterocycles. The van der Waals surface area contributed by atoms with E-state index in [1.54, 1.807) is 31.2 Å². The van der Waals surface area contributed by atoms with Crippen LogP contribution in [0.2, 0.25) is 5.02 Å². The smallest absolute Gasteiger partial charge is 0.261 e. The van der Waals surface area contributed by atoms with Crippen LogP contribution in [0.5, 0.6) is 5.75 Å². The van der Waals surface area contributed by atoms with Crippen LogP contribution in [-0.4, -0.2) is 35.9 Å². The van der Waals surface area contributed by atoms with Gasteiger partial charge in [0.1, 0.15) is 11.8 Å². The highest BCUT2D eigenvalue weighted by Gasteiger charge is 2.26. The number of nitrogens with one attached hydrogen (secondary N) is 1. The Morgan fingerprint density at radius 1 is 1.03 bits per heavy atom. The monoisotopic (exact) mass is 416 g/mol. The molecule has 2 rings (SSSR count). The number of carbonyl (C=O) groups excluding carboxylic acids is 2. The van der Waals surface area contributed by atoms with Crippen LogP contribution in [0, 0.1) is 5.92 Å². The molecule has 2 aromatic carbocycles. The first-order chi connectivity index (χ1) is 13.9. The molecule has 0 saturated carbocycles. The zero-order valence-electron chi connectivity index (χ0n) is 17.2. The number of rotatable bonds is 10. The Kier molecular flexibility index (Phi) is 9.00. The molecular formula is C23H29ClN2O3. The van der Waals surface area contributed by atoms with Gasteiger partial charge in [0.2, 0.25) is 5.91 Å². The van der Waals surface area contributed by atoms with Crippen LogP contribution in [-0.2, 0) is 16.1 Å². The zero-order valence-corrected chi connectivity index (χ0v) is 18.0. The lowest BCUT2D eigenvalue weighted by molar-refractivity contribution is -0.142. The maximum absolute atomic E-state index is 12.9. The molecule has 2 amide bonds. The summed E-state index contributed by atoms with van der Waals surface area (Å²) in [6, 6.07) is 16.0. The summed E-state index contributed by atoms with van der Waals surface area (Å²) in [5.41, 5.74) is 0.945. The Hall–Kier alpha value is -2.53. The third kappa shape index (κ3) is 7.42. The molecule has 0 bridgehead atoms. The quantitative estimate of drug-likeness (QED) is 0.628. The highest BCUT2D eigenvalue weighted by molar-refractivity contribution is 6.32. The van der Waals surface area contributed by atoms with E-state index in [4.69, 9.17) is 16.3 Å². The van der Waals surface area contributed by atoms with Gasteiger partial charge in [-0.25, -0.2) is 0 Å². The zero-order chi connectivity index (χ0) is 21.2. The third-order valence-corrected chi connectivity index (χ3v) is 4.88. The SMILES string of the molecule is CC(C)CCNC(=O)C(C)N(Cc1ccccc1)C(=O)COc1ccccc1Cl. The van der Waals surface area contributed by atoms with E-state index in [0.717, 1.165) is 12.0 Å². The summed E-state index contributed by atoms with van der Waals surface area (Å²) < 4.78 is 5.60. The second-order valence-electron chi connectivity index (χ2n) is 7.38. The molecule has 0 aliphatic carbocycles. The van der Waals surface area contributed by atoms with Crippen LogP contribution < -0.4 is 10.1 Å². The molecule has 0 spiro atoms. The number of ether oxygens (including phenoxy) is 1. The summed E-state index contributed by atoms with van der Waals surface area (Å²) in [5.74, 6) is 0.487. The van der Waals surface area contributed by atoms with Gasteiger partial charge >= 0.3 is 0 Å². The van der Waals surface area contributed by atoms with Crippen molar-refractivity contribution in [3.05, 3.63) is 65.2 Å². The molecule has 1 unspecified atom stereocenters. The molecular weight excluding hydrogens is 388 g/mol. The van der Waals surface area contributed by atoms with Crippen molar-refractivity contribution in [2.75, 3.05) is 13.2 Å². The fourth-order valence-corrected chi connectivity index (χ4v) is 2.97. The fourth-order valence-electron chi connectivity index (χ4n) is 2.78. The summed E-state index contributed by atoms with van der Waals surface area (Å²) in [6.45, 7) is 6.66. The predicted octanol–water partition coefficient (Wildman–Crippen LogP) is 4.30. The van der Waals surface area contributed by atoms with Crippen molar-refractivity contribution in [1.29, 1.82) is 0 Å². The van der Waals surface area contributed by atoms with E-state index >= 15 is 0 Å². The van der Waals surface area contributed by atoms with E-state index in [-0.39, 0.29) is 18.4 Å². The van der Waals surface area contributed by atoms with Crippen molar-refractivity contribution in [3.8, 4) is 5.75 Å². The van der Waals surface area contributed by atoms with Crippen molar-refractivity contribution >= 4 is 23.4 Å². The third-order valence-electron chi connectivity index (χ3n) is 4.57. The Morgan fingerprint density at radius 3 is 2.34 bits per heavy atom. The van der Waals surface area contributed by atoms with Gasteiger partial charge in [-0.1, -0.05) is 67.9 Å². The van der Waals surface area contributed by atoms with Gasteiger partial charge in [-0.15, -0.1) is 0 Å². The summed E-state index contributed by atoms with van der Waals surface area (Å²) in [4.78, 5) is 27.1. The van der Waals surface area contributed by atoms with Gasteiger partial charge in [-0.3, -0.25) is 9.59 Å². The minimum atomic E-state index is -0.621. The van der Waals surface area contributed by atoms with Crippen molar-refractivity contribution < 1.29 is 14.3 Å². The minimum absolute atomic E-state index is 0.173. The van der Waals surface area contributed by atoms with Crippen LogP contribution in [0.15, 0.2) is 54.6 Å². The van der Waals surface area contributed by atoms with Gasteiger partial charge in [0.25, 0.3) is 5.91 Å². The second kappa shape index (κ2) is 11.5. The van der Waals surface area contributed by atoms with Crippen LogP contribution >= 0.6 is 11.6 Å². The van der Waals surface area contributed by atoms with Gasteiger partial charge < -0.3 is 15.0 Å². The molecule has 0 saturated heterocycles. The first-order valence-corrected chi connectivity index (χ1v) is 10.2. The molecule has 2 aromatic rings. The molecule has 29 heavy (non-hydrogen) atoms. The van der Waals surface area contributed by atoms with Crippen LogP contribution in [0.25, 0.3) is 0 Å². The van der Waals surface area contributed by atoms with Gasteiger partial charge in [0.05, 0.1) is 5.02 Å². The normalized spacial score (nSPS) is 11.8. The molecule has 0 heterocycles. The molecule has 0 radical (unpaired) electrons. The number of hydrogen-bond donors (Lipinski definition) is 1. The number of hydrogen-bond acceptors (Lipinski definition) is 3. The topological polar surface area (TPSA) is 58.6 Å². The lowest BCUT2D eigenvalue weighted by atomic mass is 10.1. The lowest BCUT2D eigenvalue weighted by Crippen LogP contribution is -2.49. The van der Waals surface area contributed by atoms with Crippen molar-refractivity contribution in [1.82, 2.24) is 10.2 Å². The maximum atomic E-state index is 12.9. The predicted molar refractivity (Wildman–Crippen MR) is 116 cm³/mol. The average Bonchev–Trinajstić information content (AvgIpc) is 2.71. The highest BCUT2D eigenvalue weighted by atomic mass is 35.5. The number of carbonyl (C=O) groups is 2. The lowest BCUT2D eigenvalue weighted by Gasteiger charge is -2.29. The number of nitrogens with zero attached hydrogens (tertiary/aromatic N) is 1. The molecule has 1 N–H and O–H groups in total. The molecule has 0 fully saturated rings. The molecule has 0 aliphatic rings. The summed E-state index contributed by atoms with van der Waals surface area (Å²) >= 11 is 6.10. The Morgan fingerprint density at radius 2 is 1.69 bits per heavy atom. The Balaban J connectivity index is 2.07. The Labute approximate surface area is 178 Å². The molecule has 5 nitrogen and oxygen atoms in total. The van der Waals surface area contributed by atoms with Gasteiger partial charge in [-0.2, -0.15) is 0 Å². The van der Waals surface area contributed by atoms with E-state index in [1.807, 2.05) is 30.3 Å². The van der Waals surface area contributed by atoms with E-state index in [0.29, 0.717) is 29.8 Å². The van der Waals surface area contributed by atoms with E-state index in [2.05, 4.69) is 19.2 Å². The van der Waals surface area contributed by atoms with Crippen LogP contribution in [0.4, 0.5) is 0 Å². The molecule has 156 valence electrons. The highest BCUT2D eigenvalue weighted by Crippen LogP contribution is 2.23.